The molecule has 0 saturated heterocycles. The van der Waals surface area contributed by atoms with Gasteiger partial charge in [0.1, 0.15) is 5.78 Å². The first-order valence-corrected chi connectivity index (χ1v) is 5.73. The maximum absolute atomic E-state index is 11.5. The van der Waals surface area contributed by atoms with E-state index in [2.05, 4.69) is 0 Å². The van der Waals surface area contributed by atoms with Crippen LogP contribution in [0.5, 0.6) is 0 Å². The smallest absolute Gasteiger partial charge is 0.137 e. The predicted molar refractivity (Wildman–Crippen MR) is 60.5 cm³/mol. The Balaban J connectivity index is 2.30. The van der Waals surface area contributed by atoms with Crippen molar-refractivity contribution in [1.82, 2.24) is 0 Å². The van der Waals surface area contributed by atoms with Gasteiger partial charge in [-0.1, -0.05) is 0 Å². The topological polar surface area (TPSA) is 43.1 Å². The van der Waals surface area contributed by atoms with Crippen LogP contribution in [0.15, 0.2) is 16.8 Å². The van der Waals surface area contributed by atoms with Crippen molar-refractivity contribution in [3.63, 3.8) is 0 Å². The molecule has 0 aliphatic rings. The molecule has 78 valence electrons. The van der Waals surface area contributed by atoms with E-state index in [1.807, 2.05) is 30.7 Å². The number of carbonyl (C=O) groups is 1. The van der Waals surface area contributed by atoms with Crippen LogP contribution in [0.2, 0.25) is 0 Å². The SMILES string of the molecule is CC(C)(N)CCC(=O)Cc1ccsc1. The van der Waals surface area contributed by atoms with Crippen molar-refractivity contribution in [1.29, 1.82) is 0 Å². The van der Waals surface area contributed by atoms with Crippen molar-refractivity contribution < 1.29 is 4.79 Å². The van der Waals surface area contributed by atoms with Gasteiger partial charge in [0, 0.05) is 18.4 Å². The Morgan fingerprint density at radius 1 is 1.57 bits per heavy atom. The van der Waals surface area contributed by atoms with Gasteiger partial charge in [-0.25, -0.2) is 0 Å². The highest BCUT2D eigenvalue weighted by Gasteiger charge is 2.13. The monoisotopic (exact) mass is 211 g/mol. The Kier molecular flexibility index (Phi) is 3.84. The molecule has 0 amide bonds. The number of hydrogen-bond acceptors (Lipinski definition) is 3. The van der Waals surface area contributed by atoms with Crippen LogP contribution in [0.1, 0.15) is 32.3 Å². The van der Waals surface area contributed by atoms with E-state index in [1.54, 1.807) is 11.3 Å². The van der Waals surface area contributed by atoms with Gasteiger partial charge in [0.05, 0.1) is 0 Å². The lowest BCUT2D eigenvalue weighted by atomic mass is 9.97. The minimum atomic E-state index is -0.232. The van der Waals surface area contributed by atoms with Crippen molar-refractivity contribution >= 4 is 17.1 Å². The Bertz CT molecular complexity index is 285. The normalized spacial score (nSPS) is 11.6. The number of Topliss-reactive ketones (excluding diaryl/α,β-unsaturated/α-hetero) is 1. The molecule has 2 N–H and O–H groups in total. The number of thiophene rings is 1. The molecule has 0 unspecified atom stereocenters. The molecule has 3 heteroatoms. The Morgan fingerprint density at radius 3 is 2.79 bits per heavy atom. The standard InChI is InChI=1S/C11H17NOS/c1-11(2,12)5-3-10(13)7-9-4-6-14-8-9/h4,6,8H,3,5,7,12H2,1-2H3. The van der Waals surface area contributed by atoms with E-state index in [1.165, 1.54) is 0 Å². The molecule has 1 aromatic heterocycles. The van der Waals surface area contributed by atoms with E-state index in [-0.39, 0.29) is 11.3 Å². The summed E-state index contributed by atoms with van der Waals surface area (Å²) in [5.74, 6) is 0.280. The van der Waals surface area contributed by atoms with Gasteiger partial charge in [0.2, 0.25) is 0 Å². The van der Waals surface area contributed by atoms with Crippen LogP contribution in [-0.2, 0) is 11.2 Å². The van der Waals surface area contributed by atoms with E-state index >= 15 is 0 Å². The molecular weight excluding hydrogens is 194 g/mol. The summed E-state index contributed by atoms with van der Waals surface area (Å²) < 4.78 is 0. The molecule has 2 nitrogen and oxygen atoms in total. The second kappa shape index (κ2) is 4.71. The first-order valence-electron chi connectivity index (χ1n) is 4.79. The van der Waals surface area contributed by atoms with Crippen LogP contribution in [0, 0.1) is 0 Å². The first-order chi connectivity index (χ1) is 6.47. The van der Waals surface area contributed by atoms with Crippen molar-refractivity contribution in [3.05, 3.63) is 22.4 Å². The first kappa shape index (κ1) is 11.4. The van der Waals surface area contributed by atoms with Gasteiger partial charge in [0.25, 0.3) is 0 Å². The van der Waals surface area contributed by atoms with Gasteiger partial charge >= 0.3 is 0 Å². The highest BCUT2D eigenvalue weighted by Crippen LogP contribution is 2.11. The molecule has 1 heterocycles. The quantitative estimate of drug-likeness (QED) is 0.812. The summed E-state index contributed by atoms with van der Waals surface area (Å²) in [6.07, 6.45) is 1.90. The lowest BCUT2D eigenvalue weighted by molar-refractivity contribution is -0.118. The van der Waals surface area contributed by atoms with Gasteiger partial charge in [-0.05, 0) is 42.7 Å². The van der Waals surface area contributed by atoms with Gasteiger partial charge in [-0.15, -0.1) is 0 Å². The summed E-state index contributed by atoms with van der Waals surface area (Å²) in [5.41, 5.74) is 6.70. The van der Waals surface area contributed by atoms with Crippen LogP contribution in [0.25, 0.3) is 0 Å². The minimum Gasteiger partial charge on any atom is -0.326 e. The van der Waals surface area contributed by atoms with E-state index in [0.29, 0.717) is 12.8 Å². The molecule has 0 bridgehead atoms. The molecule has 0 aliphatic heterocycles. The highest BCUT2D eigenvalue weighted by atomic mass is 32.1. The summed E-state index contributed by atoms with van der Waals surface area (Å²) in [7, 11) is 0. The number of hydrogen-bond donors (Lipinski definition) is 1. The molecule has 14 heavy (non-hydrogen) atoms. The molecule has 0 radical (unpaired) electrons. The maximum Gasteiger partial charge on any atom is 0.137 e. The number of rotatable bonds is 5. The summed E-state index contributed by atoms with van der Waals surface area (Å²) in [6.45, 7) is 3.90. The molecule has 0 fully saturated rings. The molecule has 0 spiro atoms. The van der Waals surface area contributed by atoms with Crippen LogP contribution < -0.4 is 5.73 Å². The van der Waals surface area contributed by atoms with Gasteiger partial charge in [-0.2, -0.15) is 11.3 Å². The van der Waals surface area contributed by atoms with E-state index in [0.717, 1.165) is 12.0 Å². The van der Waals surface area contributed by atoms with Crippen LogP contribution in [0.4, 0.5) is 0 Å². The lowest BCUT2D eigenvalue weighted by Gasteiger charge is -2.17. The highest BCUT2D eigenvalue weighted by molar-refractivity contribution is 7.07. The van der Waals surface area contributed by atoms with E-state index in [9.17, 15) is 4.79 Å². The fourth-order valence-electron chi connectivity index (χ4n) is 1.17. The molecule has 0 aromatic carbocycles. The zero-order chi connectivity index (χ0) is 10.6. The van der Waals surface area contributed by atoms with Crippen molar-refractivity contribution in [2.24, 2.45) is 5.73 Å². The average Bonchev–Trinajstić information content (AvgIpc) is 2.52. The van der Waals surface area contributed by atoms with Crippen molar-refractivity contribution in [3.8, 4) is 0 Å². The second-order valence-electron chi connectivity index (χ2n) is 4.34. The fraction of sp³-hybridized carbons (Fsp3) is 0.545. The molecule has 0 saturated carbocycles. The molecule has 0 atom stereocenters. The number of ketones is 1. The minimum absolute atomic E-state index is 0.232. The summed E-state index contributed by atoms with van der Waals surface area (Å²) in [4.78, 5) is 11.5. The third-order valence-electron chi connectivity index (χ3n) is 2.03. The predicted octanol–water partition coefficient (Wildman–Crippen LogP) is 2.38. The summed E-state index contributed by atoms with van der Waals surface area (Å²) >= 11 is 1.63. The Labute approximate surface area is 89.1 Å². The zero-order valence-electron chi connectivity index (χ0n) is 8.75. The zero-order valence-corrected chi connectivity index (χ0v) is 9.56. The number of nitrogens with two attached hydrogens (primary N) is 1. The van der Waals surface area contributed by atoms with E-state index < -0.39 is 0 Å². The molecular formula is C11H17NOS. The van der Waals surface area contributed by atoms with Crippen molar-refractivity contribution in [2.75, 3.05) is 0 Å². The van der Waals surface area contributed by atoms with Crippen LogP contribution >= 0.6 is 11.3 Å². The van der Waals surface area contributed by atoms with Gasteiger partial charge < -0.3 is 5.73 Å². The molecule has 1 rings (SSSR count). The van der Waals surface area contributed by atoms with Crippen molar-refractivity contribution in [2.45, 2.75) is 38.6 Å². The largest absolute Gasteiger partial charge is 0.326 e. The van der Waals surface area contributed by atoms with Gasteiger partial charge in [-0.3, -0.25) is 4.79 Å². The lowest BCUT2D eigenvalue weighted by Crippen LogP contribution is -2.32. The van der Waals surface area contributed by atoms with E-state index in [4.69, 9.17) is 5.73 Å². The fourth-order valence-corrected chi connectivity index (χ4v) is 1.84. The number of carbonyl (C=O) groups excluding carboxylic acids is 1. The Hall–Kier alpha value is -0.670. The molecule has 1 aromatic rings. The molecule has 0 aliphatic carbocycles. The summed E-state index contributed by atoms with van der Waals surface area (Å²) in [6, 6.07) is 2.00. The average molecular weight is 211 g/mol. The second-order valence-corrected chi connectivity index (χ2v) is 5.12. The third-order valence-corrected chi connectivity index (χ3v) is 2.76. The maximum atomic E-state index is 11.5. The van der Waals surface area contributed by atoms with Crippen LogP contribution in [0.3, 0.4) is 0 Å². The summed E-state index contributed by atoms with van der Waals surface area (Å²) in [5, 5.41) is 4.01. The van der Waals surface area contributed by atoms with Crippen LogP contribution in [-0.4, -0.2) is 11.3 Å². The third kappa shape index (κ3) is 4.53. The van der Waals surface area contributed by atoms with Gasteiger partial charge in [0.15, 0.2) is 0 Å². The Morgan fingerprint density at radius 2 is 2.29 bits per heavy atom.